The number of benzene rings is 2. The van der Waals surface area contributed by atoms with Gasteiger partial charge in [0.2, 0.25) is 0 Å². The van der Waals surface area contributed by atoms with Crippen LogP contribution in [0.25, 0.3) is 0 Å². The van der Waals surface area contributed by atoms with E-state index in [0.717, 1.165) is 21.8 Å². The lowest BCUT2D eigenvalue weighted by Gasteiger charge is -2.11. The smallest absolute Gasteiger partial charge is 0.262 e. The number of carbonyl (C=O) groups excluding carboxylic acids is 1. The number of anilines is 1. The first kappa shape index (κ1) is 14.5. The highest BCUT2D eigenvalue weighted by molar-refractivity contribution is 7.80. The van der Waals surface area contributed by atoms with Crippen molar-refractivity contribution < 1.29 is 9.53 Å². The molecule has 0 saturated heterocycles. The van der Waals surface area contributed by atoms with Crippen LogP contribution in [0.4, 0.5) is 5.69 Å². The van der Waals surface area contributed by atoms with Crippen molar-refractivity contribution in [2.75, 3.05) is 11.9 Å². The Morgan fingerprint density at radius 3 is 2.65 bits per heavy atom. The van der Waals surface area contributed by atoms with Crippen LogP contribution in [-0.4, -0.2) is 12.5 Å². The van der Waals surface area contributed by atoms with E-state index in [1.54, 1.807) is 6.07 Å². The largest absolute Gasteiger partial charge is 0.483 e. The van der Waals surface area contributed by atoms with Gasteiger partial charge in [0.05, 0.1) is 5.69 Å². The maximum Gasteiger partial charge on any atom is 0.262 e. The Labute approximate surface area is 124 Å². The van der Waals surface area contributed by atoms with Gasteiger partial charge in [-0.15, -0.1) is 12.6 Å². The first-order chi connectivity index (χ1) is 9.58. The predicted molar refractivity (Wildman–Crippen MR) is 83.7 cm³/mol. The summed E-state index contributed by atoms with van der Waals surface area (Å²) < 4.78 is 5.55. The summed E-state index contributed by atoms with van der Waals surface area (Å²) >= 11 is 4.28. The van der Waals surface area contributed by atoms with E-state index in [-0.39, 0.29) is 12.5 Å². The first-order valence-electron chi connectivity index (χ1n) is 6.35. The van der Waals surface area contributed by atoms with Crippen molar-refractivity contribution in [3.8, 4) is 5.75 Å². The van der Waals surface area contributed by atoms with Gasteiger partial charge in [0.25, 0.3) is 5.91 Å². The van der Waals surface area contributed by atoms with Crippen molar-refractivity contribution in [1.29, 1.82) is 0 Å². The molecular formula is C16H17NO2S. The summed E-state index contributed by atoms with van der Waals surface area (Å²) in [6.45, 7) is 3.97. The second-order valence-electron chi connectivity index (χ2n) is 4.55. The second-order valence-corrected chi connectivity index (χ2v) is 5.03. The van der Waals surface area contributed by atoms with E-state index in [1.807, 2.05) is 50.2 Å². The van der Waals surface area contributed by atoms with Crippen molar-refractivity contribution in [3.05, 3.63) is 53.6 Å². The molecule has 0 unspecified atom stereocenters. The zero-order valence-corrected chi connectivity index (χ0v) is 12.4. The minimum atomic E-state index is -0.201. The Bertz CT molecular complexity index is 626. The van der Waals surface area contributed by atoms with E-state index in [1.165, 1.54) is 0 Å². The third kappa shape index (κ3) is 3.54. The highest BCUT2D eigenvalue weighted by atomic mass is 32.1. The standard InChI is InChI=1S/C16H17NO2S/c1-11-6-5-8-14(12(11)2)19-10-16(18)17-13-7-3-4-9-15(13)20/h3-9,20H,10H2,1-2H3,(H,17,18). The predicted octanol–water partition coefficient (Wildman–Crippen LogP) is 3.61. The van der Waals surface area contributed by atoms with E-state index in [4.69, 9.17) is 4.74 Å². The minimum Gasteiger partial charge on any atom is -0.483 e. The van der Waals surface area contributed by atoms with Gasteiger partial charge in [-0.25, -0.2) is 0 Å². The fourth-order valence-corrected chi connectivity index (χ4v) is 2.01. The van der Waals surface area contributed by atoms with Gasteiger partial charge >= 0.3 is 0 Å². The number of thiol groups is 1. The number of rotatable bonds is 4. The third-order valence-electron chi connectivity index (χ3n) is 3.09. The summed E-state index contributed by atoms with van der Waals surface area (Å²) in [6, 6.07) is 13.1. The molecule has 2 aromatic carbocycles. The lowest BCUT2D eigenvalue weighted by atomic mass is 10.1. The van der Waals surface area contributed by atoms with Crippen molar-refractivity contribution >= 4 is 24.2 Å². The topological polar surface area (TPSA) is 38.3 Å². The first-order valence-corrected chi connectivity index (χ1v) is 6.79. The maximum atomic E-state index is 11.9. The molecule has 20 heavy (non-hydrogen) atoms. The highest BCUT2D eigenvalue weighted by Crippen LogP contribution is 2.21. The fourth-order valence-electron chi connectivity index (χ4n) is 1.79. The molecule has 0 atom stereocenters. The van der Waals surface area contributed by atoms with E-state index in [0.29, 0.717) is 5.69 Å². The summed E-state index contributed by atoms with van der Waals surface area (Å²) in [5.41, 5.74) is 2.88. The molecule has 104 valence electrons. The van der Waals surface area contributed by atoms with Gasteiger partial charge in [-0.05, 0) is 43.2 Å². The lowest BCUT2D eigenvalue weighted by molar-refractivity contribution is -0.118. The molecule has 0 heterocycles. The van der Waals surface area contributed by atoms with E-state index >= 15 is 0 Å². The molecule has 3 nitrogen and oxygen atoms in total. The van der Waals surface area contributed by atoms with E-state index < -0.39 is 0 Å². The minimum absolute atomic E-state index is 0.0214. The van der Waals surface area contributed by atoms with Crippen molar-refractivity contribution in [3.63, 3.8) is 0 Å². The van der Waals surface area contributed by atoms with Crippen LogP contribution in [0, 0.1) is 13.8 Å². The highest BCUT2D eigenvalue weighted by Gasteiger charge is 2.07. The van der Waals surface area contributed by atoms with Gasteiger partial charge in [-0.3, -0.25) is 4.79 Å². The maximum absolute atomic E-state index is 11.9. The normalized spacial score (nSPS) is 10.2. The van der Waals surface area contributed by atoms with Gasteiger partial charge in [-0.1, -0.05) is 24.3 Å². The molecule has 2 aromatic rings. The summed E-state index contributed by atoms with van der Waals surface area (Å²) in [6.07, 6.45) is 0. The summed E-state index contributed by atoms with van der Waals surface area (Å²) in [7, 11) is 0. The molecule has 0 radical (unpaired) electrons. The van der Waals surface area contributed by atoms with Crippen LogP contribution in [0.3, 0.4) is 0 Å². The van der Waals surface area contributed by atoms with Gasteiger partial charge in [-0.2, -0.15) is 0 Å². The van der Waals surface area contributed by atoms with Crippen molar-refractivity contribution in [2.24, 2.45) is 0 Å². The van der Waals surface area contributed by atoms with Crippen LogP contribution in [-0.2, 0) is 4.79 Å². The molecule has 0 bridgehead atoms. The SMILES string of the molecule is Cc1cccc(OCC(=O)Nc2ccccc2S)c1C. The van der Waals surface area contributed by atoms with E-state index in [2.05, 4.69) is 17.9 Å². The number of aryl methyl sites for hydroxylation is 1. The Balaban J connectivity index is 1.96. The fraction of sp³-hybridized carbons (Fsp3) is 0.188. The molecule has 0 saturated carbocycles. The third-order valence-corrected chi connectivity index (χ3v) is 3.48. The molecule has 0 fully saturated rings. The molecule has 1 N–H and O–H groups in total. The number of amides is 1. The second kappa shape index (κ2) is 6.48. The number of hydrogen-bond acceptors (Lipinski definition) is 3. The molecule has 2 rings (SSSR count). The van der Waals surface area contributed by atoms with Crippen LogP contribution >= 0.6 is 12.6 Å². The summed E-state index contributed by atoms with van der Waals surface area (Å²) in [4.78, 5) is 12.6. The van der Waals surface area contributed by atoms with Gasteiger partial charge in [0, 0.05) is 4.90 Å². The van der Waals surface area contributed by atoms with Crippen LogP contribution in [0.2, 0.25) is 0 Å². The zero-order chi connectivity index (χ0) is 14.5. The van der Waals surface area contributed by atoms with Crippen LogP contribution in [0.1, 0.15) is 11.1 Å². The Kier molecular flexibility index (Phi) is 4.69. The van der Waals surface area contributed by atoms with Crippen LogP contribution in [0.5, 0.6) is 5.75 Å². The molecule has 0 aliphatic rings. The lowest BCUT2D eigenvalue weighted by Crippen LogP contribution is -2.20. The summed E-state index contributed by atoms with van der Waals surface area (Å²) in [5.74, 6) is 0.534. The Morgan fingerprint density at radius 2 is 1.90 bits per heavy atom. The number of para-hydroxylation sites is 1. The number of ether oxygens (including phenoxy) is 1. The van der Waals surface area contributed by atoms with Crippen molar-refractivity contribution in [2.45, 2.75) is 18.7 Å². The molecule has 0 aliphatic carbocycles. The monoisotopic (exact) mass is 287 g/mol. The Morgan fingerprint density at radius 1 is 1.15 bits per heavy atom. The Hall–Kier alpha value is -1.94. The van der Waals surface area contributed by atoms with Crippen LogP contribution in [0.15, 0.2) is 47.4 Å². The molecular weight excluding hydrogens is 270 g/mol. The van der Waals surface area contributed by atoms with Gasteiger partial charge < -0.3 is 10.1 Å². The number of hydrogen-bond donors (Lipinski definition) is 2. The summed E-state index contributed by atoms with van der Waals surface area (Å²) in [5, 5.41) is 2.77. The molecule has 1 amide bonds. The quantitative estimate of drug-likeness (QED) is 0.843. The van der Waals surface area contributed by atoms with Gasteiger partial charge in [0.1, 0.15) is 5.75 Å². The van der Waals surface area contributed by atoms with Crippen LogP contribution < -0.4 is 10.1 Å². The molecule has 0 aliphatic heterocycles. The molecule has 0 spiro atoms. The van der Waals surface area contributed by atoms with E-state index in [9.17, 15) is 4.79 Å². The molecule has 0 aromatic heterocycles. The average Bonchev–Trinajstić information content (AvgIpc) is 2.43. The number of carbonyl (C=O) groups is 1. The zero-order valence-electron chi connectivity index (χ0n) is 11.5. The van der Waals surface area contributed by atoms with Crippen molar-refractivity contribution in [1.82, 2.24) is 0 Å². The molecule has 4 heteroatoms. The number of nitrogens with one attached hydrogen (secondary N) is 1. The van der Waals surface area contributed by atoms with Gasteiger partial charge in [0.15, 0.2) is 6.61 Å². The average molecular weight is 287 g/mol.